The van der Waals surface area contributed by atoms with Crippen LogP contribution >= 0.6 is 0 Å². The molecule has 4 aliphatic rings. The highest BCUT2D eigenvalue weighted by Crippen LogP contribution is 2.66. The number of fused-ring (bicyclic) bond motifs is 5. The van der Waals surface area contributed by atoms with Gasteiger partial charge in [0.25, 0.3) is 0 Å². The van der Waals surface area contributed by atoms with Crippen LogP contribution in [0.1, 0.15) is 65.2 Å². The predicted octanol–water partition coefficient (Wildman–Crippen LogP) is 3.21. The second-order valence-corrected chi connectivity index (χ2v) is 9.74. The maximum atomic E-state index is 10.4. The minimum Gasteiger partial charge on any atom is -0.396 e. The third-order valence-electron chi connectivity index (χ3n) is 8.85. The molecule has 0 aliphatic heterocycles. The van der Waals surface area contributed by atoms with E-state index >= 15 is 0 Å². The van der Waals surface area contributed by atoms with Gasteiger partial charge in [0.2, 0.25) is 0 Å². The summed E-state index contributed by atoms with van der Waals surface area (Å²) in [5.74, 6) is 2.72. The van der Waals surface area contributed by atoms with Gasteiger partial charge in [0.15, 0.2) is 0 Å². The van der Waals surface area contributed by atoms with Crippen LogP contribution in [0.2, 0.25) is 0 Å². The van der Waals surface area contributed by atoms with Crippen LogP contribution in [0.15, 0.2) is 11.6 Å². The first kappa shape index (κ1) is 17.1. The largest absolute Gasteiger partial charge is 0.396 e. The number of hydrogen-bond acceptors (Lipinski definition) is 3. The predicted molar refractivity (Wildman–Crippen MR) is 98.2 cm³/mol. The van der Waals surface area contributed by atoms with Crippen molar-refractivity contribution >= 4 is 0 Å². The highest BCUT2D eigenvalue weighted by molar-refractivity contribution is 5.26. The molecule has 4 aliphatic carbocycles. The number of allylic oxidation sites excluding steroid dienone is 1. The van der Waals surface area contributed by atoms with Gasteiger partial charge in [-0.25, -0.2) is 0 Å². The van der Waals surface area contributed by atoms with Crippen LogP contribution in [-0.4, -0.2) is 23.8 Å². The van der Waals surface area contributed by atoms with Crippen molar-refractivity contribution in [3.8, 4) is 0 Å². The van der Waals surface area contributed by atoms with E-state index < -0.39 is 0 Å². The third kappa shape index (κ3) is 2.20. The van der Waals surface area contributed by atoms with Gasteiger partial charge in [-0.15, -0.1) is 0 Å². The summed E-state index contributed by atoms with van der Waals surface area (Å²) in [7, 11) is 0. The van der Waals surface area contributed by atoms with Crippen LogP contribution in [0.3, 0.4) is 0 Å². The van der Waals surface area contributed by atoms with Crippen molar-refractivity contribution in [2.24, 2.45) is 46.0 Å². The first-order valence-electron chi connectivity index (χ1n) is 10.2. The molecular weight excluding hydrogens is 296 g/mol. The summed E-state index contributed by atoms with van der Waals surface area (Å²) in [5.41, 5.74) is 14.7. The highest BCUT2D eigenvalue weighted by Gasteiger charge is 2.60. The van der Waals surface area contributed by atoms with Gasteiger partial charge in [-0.3, -0.25) is 0 Å². The molecule has 0 aromatic rings. The minimum atomic E-state index is 0.0993. The van der Waals surface area contributed by atoms with Crippen molar-refractivity contribution in [3.05, 3.63) is 11.6 Å². The monoisotopic (exact) mass is 332 g/mol. The van der Waals surface area contributed by atoms with Gasteiger partial charge in [-0.05, 0) is 87.4 Å². The lowest BCUT2D eigenvalue weighted by atomic mass is 9.47. The Morgan fingerprint density at radius 1 is 1.21 bits per heavy atom. The molecule has 4 rings (SSSR count). The van der Waals surface area contributed by atoms with Crippen molar-refractivity contribution in [2.45, 2.75) is 77.3 Å². The van der Waals surface area contributed by atoms with E-state index in [1.807, 2.05) is 0 Å². The molecule has 0 aromatic heterocycles. The van der Waals surface area contributed by atoms with E-state index in [1.54, 1.807) is 5.57 Å². The summed E-state index contributed by atoms with van der Waals surface area (Å²) in [6, 6.07) is 0.576. The van der Waals surface area contributed by atoms with E-state index in [9.17, 15) is 5.11 Å². The number of aliphatic hydroxyl groups excluding tert-OH is 1. The standard InChI is InChI=1S/C21H36N2O/c1-13(22)17-5-6-19-16-4-3-14-11-15(23)7-9-20(14,2)18(16)8-10-21(17,19)12-24/h3,13,15-19,24H,4-12,22-23H2,1-2H3/t13-,15+,16-,17+,18-,19+,20-,21-/m0/s1. The summed E-state index contributed by atoms with van der Waals surface area (Å²) in [4.78, 5) is 0. The Hall–Kier alpha value is -0.380. The molecule has 0 radical (unpaired) electrons. The van der Waals surface area contributed by atoms with Gasteiger partial charge < -0.3 is 16.6 Å². The second-order valence-electron chi connectivity index (χ2n) is 9.74. The van der Waals surface area contributed by atoms with Crippen LogP contribution in [0, 0.1) is 34.5 Å². The molecule has 5 N–H and O–H groups in total. The summed E-state index contributed by atoms with van der Waals surface area (Å²) < 4.78 is 0. The third-order valence-corrected chi connectivity index (χ3v) is 8.85. The highest BCUT2D eigenvalue weighted by atomic mass is 16.3. The topological polar surface area (TPSA) is 72.3 Å². The van der Waals surface area contributed by atoms with Crippen molar-refractivity contribution in [1.82, 2.24) is 0 Å². The van der Waals surface area contributed by atoms with E-state index in [1.165, 1.54) is 44.9 Å². The average Bonchev–Trinajstić information content (AvgIpc) is 2.95. The van der Waals surface area contributed by atoms with Gasteiger partial charge in [0.1, 0.15) is 0 Å². The summed E-state index contributed by atoms with van der Waals surface area (Å²) in [5, 5.41) is 10.4. The van der Waals surface area contributed by atoms with E-state index in [-0.39, 0.29) is 11.5 Å². The molecule has 0 aromatic carbocycles. The fraction of sp³-hybridized carbons (Fsp3) is 0.905. The average molecular weight is 333 g/mol. The molecule has 136 valence electrons. The zero-order valence-electron chi connectivity index (χ0n) is 15.5. The van der Waals surface area contributed by atoms with E-state index in [0.29, 0.717) is 29.9 Å². The molecule has 3 heteroatoms. The van der Waals surface area contributed by atoms with Crippen LogP contribution in [0.4, 0.5) is 0 Å². The maximum Gasteiger partial charge on any atom is 0.0493 e. The molecule has 0 unspecified atom stereocenters. The Labute approximate surface area is 147 Å². The number of hydrogen-bond donors (Lipinski definition) is 3. The number of rotatable bonds is 2. The fourth-order valence-electron chi connectivity index (χ4n) is 7.64. The quantitative estimate of drug-likeness (QED) is 0.680. The normalized spacial score (nSPS) is 52.0. The molecule has 3 fully saturated rings. The van der Waals surface area contributed by atoms with Gasteiger partial charge in [0, 0.05) is 24.1 Å². The van der Waals surface area contributed by atoms with Crippen molar-refractivity contribution in [2.75, 3.05) is 6.61 Å². The Bertz CT molecular complexity index is 530. The number of nitrogens with two attached hydrogens (primary N) is 2. The minimum absolute atomic E-state index is 0.0993. The molecule has 0 bridgehead atoms. The zero-order valence-corrected chi connectivity index (χ0v) is 15.5. The first-order chi connectivity index (χ1) is 11.4. The number of aliphatic hydroxyl groups is 1. The van der Waals surface area contributed by atoms with Gasteiger partial charge in [0.05, 0.1) is 0 Å². The Morgan fingerprint density at radius 3 is 2.71 bits per heavy atom. The van der Waals surface area contributed by atoms with E-state index in [0.717, 1.165) is 18.3 Å². The second kappa shape index (κ2) is 5.82. The zero-order chi connectivity index (χ0) is 17.1. The van der Waals surface area contributed by atoms with E-state index in [4.69, 9.17) is 11.5 Å². The van der Waals surface area contributed by atoms with Gasteiger partial charge >= 0.3 is 0 Å². The molecule has 8 atom stereocenters. The van der Waals surface area contributed by atoms with Crippen molar-refractivity contribution in [1.29, 1.82) is 0 Å². The van der Waals surface area contributed by atoms with Crippen molar-refractivity contribution in [3.63, 3.8) is 0 Å². The molecule has 24 heavy (non-hydrogen) atoms. The Balaban J connectivity index is 1.67. The SMILES string of the molecule is C[C@H](N)[C@H]1CC[C@@H]2[C@H]3CC=C4C[C@H](N)CC[C@]4(C)[C@H]3CC[C@@]21CO. The fourth-order valence-corrected chi connectivity index (χ4v) is 7.64. The Kier molecular flexibility index (Phi) is 4.14. The molecule has 0 spiro atoms. The molecule has 3 nitrogen and oxygen atoms in total. The Morgan fingerprint density at radius 2 is 2.00 bits per heavy atom. The lowest BCUT2D eigenvalue weighted by molar-refractivity contribution is -0.0802. The van der Waals surface area contributed by atoms with Gasteiger partial charge in [-0.2, -0.15) is 0 Å². The smallest absolute Gasteiger partial charge is 0.0493 e. The summed E-state index contributed by atoms with van der Waals surface area (Å²) in [6.45, 7) is 5.01. The van der Waals surface area contributed by atoms with Crippen LogP contribution in [0.5, 0.6) is 0 Å². The molecule has 3 saturated carbocycles. The van der Waals surface area contributed by atoms with Crippen LogP contribution in [0.25, 0.3) is 0 Å². The molecule has 0 heterocycles. The molecule has 0 amide bonds. The summed E-state index contributed by atoms with van der Waals surface area (Å²) in [6.07, 6.45) is 12.2. The van der Waals surface area contributed by atoms with Crippen LogP contribution in [-0.2, 0) is 0 Å². The van der Waals surface area contributed by atoms with Crippen molar-refractivity contribution < 1.29 is 5.11 Å². The lowest BCUT2D eigenvalue weighted by Crippen LogP contribution is -2.54. The maximum absolute atomic E-state index is 10.4. The van der Waals surface area contributed by atoms with Crippen LogP contribution < -0.4 is 11.5 Å². The molecular formula is C21H36N2O. The first-order valence-corrected chi connectivity index (χ1v) is 10.2. The molecule has 0 saturated heterocycles. The lowest BCUT2D eigenvalue weighted by Gasteiger charge is -2.58. The van der Waals surface area contributed by atoms with E-state index in [2.05, 4.69) is 19.9 Å². The summed E-state index contributed by atoms with van der Waals surface area (Å²) >= 11 is 0. The van der Waals surface area contributed by atoms with Gasteiger partial charge in [-0.1, -0.05) is 18.6 Å².